The summed E-state index contributed by atoms with van der Waals surface area (Å²) in [7, 11) is 3.40. The van der Waals surface area contributed by atoms with Crippen LogP contribution in [0.2, 0.25) is 0 Å². The number of para-hydroxylation sites is 1. The number of urea groups is 1. The summed E-state index contributed by atoms with van der Waals surface area (Å²) in [6.07, 6.45) is 0. The molecule has 5 heteroatoms. The van der Waals surface area contributed by atoms with Gasteiger partial charge in [-0.15, -0.1) is 11.8 Å². The van der Waals surface area contributed by atoms with Crippen molar-refractivity contribution in [3.63, 3.8) is 0 Å². The van der Waals surface area contributed by atoms with E-state index in [2.05, 4.69) is 11.4 Å². The van der Waals surface area contributed by atoms with Crippen molar-refractivity contribution in [1.82, 2.24) is 10.3 Å². The molecule has 1 aromatic rings. The number of hydrogen-bond donors (Lipinski definition) is 1. The van der Waals surface area contributed by atoms with E-state index in [1.807, 2.05) is 23.2 Å². The zero-order valence-corrected chi connectivity index (χ0v) is 9.54. The minimum atomic E-state index is -0.104. The second kappa shape index (κ2) is 4.02. The Balaban J connectivity index is 2.24. The number of hydrogen-bond acceptors (Lipinski definition) is 3. The summed E-state index contributed by atoms with van der Waals surface area (Å²) < 4.78 is 0. The predicted molar refractivity (Wildman–Crippen MR) is 61.9 cm³/mol. The second-order valence-corrected chi connectivity index (χ2v) is 4.21. The zero-order valence-electron chi connectivity index (χ0n) is 8.73. The fourth-order valence-electron chi connectivity index (χ4n) is 1.51. The summed E-state index contributed by atoms with van der Waals surface area (Å²) in [5, 5.41) is 6.16. The first-order valence-electron chi connectivity index (χ1n) is 4.68. The highest BCUT2D eigenvalue weighted by atomic mass is 32.2. The number of nitrogens with one attached hydrogen (secondary N) is 1. The number of carbonyl (C=O) groups excluding carboxylic acids is 1. The SMILES string of the molecule is CNC(=O)N(C)N1CSc2ccccc21. The fourth-order valence-corrected chi connectivity index (χ4v) is 2.58. The van der Waals surface area contributed by atoms with Crippen molar-refractivity contribution >= 4 is 23.5 Å². The van der Waals surface area contributed by atoms with Gasteiger partial charge < -0.3 is 5.32 Å². The Morgan fingerprint density at radius 2 is 2.27 bits per heavy atom. The van der Waals surface area contributed by atoms with Gasteiger partial charge in [-0.05, 0) is 12.1 Å². The molecule has 0 aromatic heterocycles. The highest BCUT2D eigenvalue weighted by molar-refractivity contribution is 7.99. The molecule has 1 N–H and O–H groups in total. The monoisotopic (exact) mass is 223 g/mol. The van der Waals surface area contributed by atoms with Crippen molar-refractivity contribution in [2.75, 3.05) is 25.0 Å². The maximum atomic E-state index is 11.5. The molecule has 1 aliphatic heterocycles. The summed E-state index contributed by atoms with van der Waals surface area (Å²) in [6.45, 7) is 0. The van der Waals surface area contributed by atoms with Crippen LogP contribution < -0.4 is 10.3 Å². The molecule has 0 atom stereocenters. The third kappa shape index (κ3) is 1.74. The van der Waals surface area contributed by atoms with E-state index in [0.29, 0.717) is 0 Å². The third-order valence-electron chi connectivity index (χ3n) is 2.36. The Bertz CT molecular complexity index is 383. The first-order chi connectivity index (χ1) is 7.24. The fraction of sp³-hybridized carbons (Fsp3) is 0.300. The van der Waals surface area contributed by atoms with Crippen molar-refractivity contribution in [1.29, 1.82) is 0 Å². The van der Waals surface area contributed by atoms with Crippen LogP contribution in [0.4, 0.5) is 10.5 Å². The number of hydrazine groups is 1. The number of amides is 2. The molecule has 1 aromatic carbocycles. The van der Waals surface area contributed by atoms with Crippen LogP contribution in [0, 0.1) is 0 Å². The normalized spacial score (nSPS) is 13.6. The predicted octanol–water partition coefficient (Wildman–Crippen LogP) is 1.74. The third-order valence-corrected chi connectivity index (χ3v) is 3.39. The van der Waals surface area contributed by atoms with Gasteiger partial charge in [-0.1, -0.05) is 12.1 Å². The molecule has 0 aliphatic carbocycles. The van der Waals surface area contributed by atoms with Crippen molar-refractivity contribution in [2.45, 2.75) is 4.90 Å². The van der Waals surface area contributed by atoms with Gasteiger partial charge in [0, 0.05) is 19.0 Å². The highest BCUT2D eigenvalue weighted by Gasteiger charge is 2.24. The summed E-state index contributed by atoms with van der Waals surface area (Å²) >= 11 is 1.74. The van der Waals surface area contributed by atoms with Gasteiger partial charge in [0.2, 0.25) is 0 Å². The summed E-state index contributed by atoms with van der Waals surface area (Å²) in [5.41, 5.74) is 1.09. The maximum absolute atomic E-state index is 11.5. The molecule has 1 heterocycles. The van der Waals surface area contributed by atoms with E-state index in [0.717, 1.165) is 11.6 Å². The average molecular weight is 223 g/mol. The lowest BCUT2D eigenvalue weighted by molar-refractivity contribution is 0.208. The van der Waals surface area contributed by atoms with Crippen molar-refractivity contribution in [3.8, 4) is 0 Å². The van der Waals surface area contributed by atoms with Crippen LogP contribution in [0.5, 0.6) is 0 Å². The Labute approximate surface area is 93.2 Å². The largest absolute Gasteiger partial charge is 0.340 e. The standard InChI is InChI=1S/C10H13N3OS/c1-11-10(14)12(2)13-7-15-9-6-4-3-5-8(9)13/h3-6H,7H2,1-2H3,(H,11,14). The van der Waals surface area contributed by atoms with Crippen LogP contribution in [0.1, 0.15) is 0 Å². The van der Waals surface area contributed by atoms with E-state index in [1.165, 1.54) is 4.90 Å². The Kier molecular flexibility index (Phi) is 2.73. The topological polar surface area (TPSA) is 35.6 Å². The molecule has 2 rings (SSSR count). The summed E-state index contributed by atoms with van der Waals surface area (Å²) in [4.78, 5) is 12.7. The zero-order chi connectivity index (χ0) is 10.8. The molecule has 15 heavy (non-hydrogen) atoms. The van der Waals surface area contributed by atoms with E-state index < -0.39 is 0 Å². The molecule has 80 valence electrons. The van der Waals surface area contributed by atoms with Crippen molar-refractivity contribution < 1.29 is 4.79 Å². The highest BCUT2D eigenvalue weighted by Crippen LogP contribution is 2.38. The quantitative estimate of drug-likeness (QED) is 0.787. The number of rotatable bonds is 1. The number of nitrogens with zero attached hydrogens (tertiary/aromatic N) is 2. The van der Waals surface area contributed by atoms with Crippen LogP contribution in [0.25, 0.3) is 0 Å². The molecule has 0 saturated carbocycles. The number of carbonyl (C=O) groups is 1. The lowest BCUT2D eigenvalue weighted by Gasteiger charge is -2.29. The van der Waals surface area contributed by atoms with Crippen molar-refractivity contribution in [3.05, 3.63) is 24.3 Å². The van der Waals surface area contributed by atoms with Crippen LogP contribution in [0.15, 0.2) is 29.2 Å². The van der Waals surface area contributed by atoms with Gasteiger partial charge in [-0.25, -0.2) is 9.80 Å². The molecule has 0 bridgehead atoms. The van der Waals surface area contributed by atoms with E-state index in [-0.39, 0.29) is 6.03 Å². The van der Waals surface area contributed by atoms with Crippen LogP contribution >= 0.6 is 11.8 Å². The number of thioether (sulfide) groups is 1. The van der Waals surface area contributed by atoms with Crippen LogP contribution in [-0.2, 0) is 0 Å². The number of benzene rings is 1. The number of fused-ring (bicyclic) bond motifs is 1. The molecule has 2 amide bonds. The van der Waals surface area contributed by atoms with E-state index >= 15 is 0 Å². The molecular weight excluding hydrogens is 210 g/mol. The molecule has 0 fully saturated rings. The molecule has 0 radical (unpaired) electrons. The first-order valence-corrected chi connectivity index (χ1v) is 5.67. The van der Waals surface area contributed by atoms with Gasteiger partial charge in [0.25, 0.3) is 0 Å². The van der Waals surface area contributed by atoms with Gasteiger partial charge in [0.1, 0.15) is 0 Å². The lowest BCUT2D eigenvalue weighted by Crippen LogP contribution is -2.46. The Morgan fingerprint density at radius 3 is 3.00 bits per heavy atom. The van der Waals surface area contributed by atoms with E-state index in [4.69, 9.17) is 0 Å². The molecule has 0 spiro atoms. The second-order valence-electron chi connectivity index (χ2n) is 3.22. The minimum Gasteiger partial charge on any atom is -0.340 e. The lowest BCUT2D eigenvalue weighted by atomic mass is 10.3. The molecule has 4 nitrogen and oxygen atoms in total. The van der Waals surface area contributed by atoms with Crippen LogP contribution in [-0.4, -0.2) is 31.0 Å². The average Bonchev–Trinajstić information content (AvgIpc) is 2.70. The first kappa shape index (κ1) is 10.2. The smallest absolute Gasteiger partial charge is 0.335 e. The van der Waals surface area contributed by atoms with E-state index in [9.17, 15) is 4.79 Å². The Hall–Kier alpha value is -1.36. The summed E-state index contributed by atoms with van der Waals surface area (Å²) in [5.74, 6) is 0.781. The molecular formula is C10H13N3OS. The molecule has 0 saturated heterocycles. The number of anilines is 1. The van der Waals surface area contributed by atoms with Gasteiger partial charge in [0.05, 0.1) is 11.6 Å². The van der Waals surface area contributed by atoms with Gasteiger partial charge in [0.15, 0.2) is 0 Å². The van der Waals surface area contributed by atoms with Crippen LogP contribution in [0.3, 0.4) is 0 Å². The van der Waals surface area contributed by atoms with Gasteiger partial charge in [-0.3, -0.25) is 5.01 Å². The Morgan fingerprint density at radius 1 is 1.53 bits per heavy atom. The van der Waals surface area contributed by atoms with Gasteiger partial charge >= 0.3 is 6.03 Å². The maximum Gasteiger partial charge on any atom is 0.335 e. The minimum absolute atomic E-state index is 0.104. The molecule has 1 aliphatic rings. The van der Waals surface area contributed by atoms with E-state index in [1.54, 1.807) is 30.9 Å². The van der Waals surface area contributed by atoms with Gasteiger partial charge in [-0.2, -0.15) is 0 Å². The summed E-state index contributed by atoms with van der Waals surface area (Å²) in [6, 6.07) is 7.98. The molecule has 0 unspecified atom stereocenters. The van der Waals surface area contributed by atoms with Crippen molar-refractivity contribution in [2.24, 2.45) is 0 Å².